The van der Waals surface area contributed by atoms with Gasteiger partial charge in [-0.05, 0) is 43.5 Å². The van der Waals surface area contributed by atoms with Crippen LogP contribution in [0, 0.1) is 0 Å². The summed E-state index contributed by atoms with van der Waals surface area (Å²) >= 11 is 0. The van der Waals surface area contributed by atoms with Gasteiger partial charge in [0.25, 0.3) is 0 Å². The van der Waals surface area contributed by atoms with Crippen LogP contribution in [0.2, 0.25) is 0 Å². The fraction of sp³-hybridized carbons (Fsp3) is 0.462. The molecule has 198 valence electrons. The van der Waals surface area contributed by atoms with Gasteiger partial charge in [-0.1, -0.05) is 42.5 Å². The lowest BCUT2D eigenvalue weighted by Crippen LogP contribution is -2.51. The molecule has 2 aromatic rings. The maximum absolute atomic E-state index is 13.5. The van der Waals surface area contributed by atoms with Crippen molar-refractivity contribution in [3.63, 3.8) is 0 Å². The number of sulfonamides is 1. The van der Waals surface area contributed by atoms with Gasteiger partial charge >= 0.3 is 0 Å². The molecule has 0 radical (unpaired) electrons. The highest BCUT2D eigenvalue weighted by molar-refractivity contribution is 7.88. The molecule has 0 aliphatic rings. The van der Waals surface area contributed by atoms with E-state index in [0.717, 1.165) is 21.7 Å². The first-order chi connectivity index (χ1) is 17.2. The standard InChI is InChI=1S/C26H37N3O6S/c1-5-35-17-9-16-27-26(31)21(2)29(19-23-12-14-24(34-3)15-13-23)25(30)20-28(36(4,32)33)18-22-10-7-6-8-11-22/h6-8,10-15,21H,5,9,16-20H2,1-4H3,(H,27,31). The summed E-state index contributed by atoms with van der Waals surface area (Å²) < 4.78 is 36.6. The molecule has 2 rings (SSSR count). The number of rotatable bonds is 15. The average Bonchev–Trinajstić information content (AvgIpc) is 2.86. The molecule has 0 saturated carbocycles. The lowest BCUT2D eigenvalue weighted by Gasteiger charge is -2.31. The van der Waals surface area contributed by atoms with Crippen molar-refractivity contribution in [2.24, 2.45) is 0 Å². The van der Waals surface area contributed by atoms with Crippen LogP contribution in [0.15, 0.2) is 54.6 Å². The highest BCUT2D eigenvalue weighted by Crippen LogP contribution is 2.16. The molecule has 0 aromatic heterocycles. The number of nitrogens with one attached hydrogen (secondary N) is 1. The van der Waals surface area contributed by atoms with Gasteiger partial charge < -0.3 is 19.7 Å². The maximum atomic E-state index is 13.5. The predicted molar refractivity (Wildman–Crippen MR) is 139 cm³/mol. The average molecular weight is 520 g/mol. The minimum absolute atomic E-state index is 0.0554. The molecule has 0 heterocycles. The van der Waals surface area contributed by atoms with Gasteiger partial charge in [-0.3, -0.25) is 9.59 Å². The number of benzene rings is 2. The fourth-order valence-electron chi connectivity index (χ4n) is 3.51. The van der Waals surface area contributed by atoms with Gasteiger partial charge in [0.05, 0.1) is 19.9 Å². The topological polar surface area (TPSA) is 105 Å². The minimum atomic E-state index is -3.69. The molecule has 0 aliphatic carbocycles. The van der Waals surface area contributed by atoms with E-state index in [4.69, 9.17) is 9.47 Å². The number of carbonyl (C=O) groups excluding carboxylic acids is 2. The normalized spacial score (nSPS) is 12.2. The zero-order valence-corrected chi connectivity index (χ0v) is 22.3. The summed E-state index contributed by atoms with van der Waals surface area (Å²) in [4.78, 5) is 27.8. The Bertz CT molecular complexity index is 1060. The summed E-state index contributed by atoms with van der Waals surface area (Å²) in [5, 5.41) is 2.84. The number of hydrogen-bond acceptors (Lipinski definition) is 6. The number of hydrogen-bond donors (Lipinski definition) is 1. The molecule has 0 spiro atoms. The SMILES string of the molecule is CCOCCCNC(=O)C(C)N(Cc1ccc(OC)cc1)C(=O)CN(Cc1ccccc1)S(C)(=O)=O. The maximum Gasteiger partial charge on any atom is 0.242 e. The molecular formula is C26H37N3O6S. The van der Waals surface area contributed by atoms with Crippen molar-refractivity contribution < 1.29 is 27.5 Å². The molecule has 1 N–H and O–H groups in total. The molecule has 0 bridgehead atoms. The van der Waals surface area contributed by atoms with Crippen LogP contribution in [0.5, 0.6) is 5.75 Å². The quantitative estimate of drug-likeness (QED) is 0.363. The number of methoxy groups -OCH3 is 1. The zero-order chi connectivity index (χ0) is 26.6. The van der Waals surface area contributed by atoms with Crippen LogP contribution >= 0.6 is 0 Å². The second kappa shape index (κ2) is 14.6. The van der Waals surface area contributed by atoms with E-state index >= 15 is 0 Å². The Morgan fingerprint density at radius 3 is 2.22 bits per heavy atom. The Morgan fingerprint density at radius 1 is 1.00 bits per heavy atom. The summed E-state index contributed by atoms with van der Waals surface area (Å²) in [6, 6.07) is 15.4. The van der Waals surface area contributed by atoms with Crippen molar-refractivity contribution in [1.29, 1.82) is 0 Å². The zero-order valence-electron chi connectivity index (χ0n) is 21.5. The molecule has 2 aromatic carbocycles. The highest BCUT2D eigenvalue weighted by Gasteiger charge is 2.29. The highest BCUT2D eigenvalue weighted by atomic mass is 32.2. The molecule has 1 atom stereocenters. The number of nitrogens with zero attached hydrogens (tertiary/aromatic N) is 2. The van der Waals surface area contributed by atoms with Crippen molar-refractivity contribution in [1.82, 2.24) is 14.5 Å². The largest absolute Gasteiger partial charge is 0.497 e. The van der Waals surface area contributed by atoms with E-state index in [1.54, 1.807) is 38.3 Å². The first-order valence-electron chi connectivity index (χ1n) is 11.9. The van der Waals surface area contributed by atoms with Gasteiger partial charge in [0.15, 0.2) is 0 Å². The molecule has 36 heavy (non-hydrogen) atoms. The van der Waals surface area contributed by atoms with Crippen LogP contribution < -0.4 is 10.1 Å². The Labute approximate surface area is 214 Å². The van der Waals surface area contributed by atoms with Crippen molar-refractivity contribution in [2.75, 3.05) is 39.7 Å². The molecule has 2 amide bonds. The molecule has 1 unspecified atom stereocenters. The summed E-state index contributed by atoms with van der Waals surface area (Å²) in [7, 11) is -2.12. The van der Waals surface area contributed by atoms with Crippen LogP contribution in [0.4, 0.5) is 0 Å². The fourth-order valence-corrected chi connectivity index (χ4v) is 4.24. The Morgan fingerprint density at radius 2 is 1.64 bits per heavy atom. The van der Waals surface area contributed by atoms with E-state index in [2.05, 4.69) is 5.32 Å². The molecule has 0 fully saturated rings. The first-order valence-corrected chi connectivity index (χ1v) is 13.8. The lowest BCUT2D eigenvalue weighted by molar-refractivity contribution is -0.140. The summed E-state index contributed by atoms with van der Waals surface area (Å²) in [6.07, 6.45) is 1.73. The van der Waals surface area contributed by atoms with Crippen LogP contribution in [0.25, 0.3) is 0 Å². The Hall–Kier alpha value is -2.95. The lowest BCUT2D eigenvalue weighted by atomic mass is 10.1. The second-order valence-corrected chi connectivity index (χ2v) is 10.4. The monoisotopic (exact) mass is 519 g/mol. The smallest absolute Gasteiger partial charge is 0.242 e. The van der Waals surface area contributed by atoms with Gasteiger partial charge in [0.2, 0.25) is 21.8 Å². The van der Waals surface area contributed by atoms with E-state index < -0.39 is 22.0 Å². The van der Waals surface area contributed by atoms with Gasteiger partial charge in [0.1, 0.15) is 11.8 Å². The van der Waals surface area contributed by atoms with Crippen molar-refractivity contribution in [2.45, 2.75) is 39.4 Å². The second-order valence-electron chi connectivity index (χ2n) is 8.40. The summed E-state index contributed by atoms with van der Waals surface area (Å²) in [5.41, 5.74) is 1.55. The van der Waals surface area contributed by atoms with Gasteiger partial charge in [-0.2, -0.15) is 4.31 Å². The molecule has 9 nitrogen and oxygen atoms in total. The van der Waals surface area contributed by atoms with Crippen LogP contribution in [0.1, 0.15) is 31.4 Å². The van der Waals surface area contributed by atoms with Crippen LogP contribution in [-0.4, -0.2) is 75.1 Å². The van der Waals surface area contributed by atoms with Crippen molar-refractivity contribution >= 4 is 21.8 Å². The molecular weight excluding hydrogens is 482 g/mol. The van der Waals surface area contributed by atoms with Gasteiger partial charge in [-0.25, -0.2) is 8.42 Å². The summed E-state index contributed by atoms with van der Waals surface area (Å²) in [5.74, 6) is -0.116. The van der Waals surface area contributed by atoms with Crippen molar-refractivity contribution in [3.8, 4) is 5.75 Å². The molecule has 0 saturated heterocycles. The minimum Gasteiger partial charge on any atom is -0.497 e. The van der Waals surface area contributed by atoms with E-state index in [1.165, 1.54) is 4.90 Å². The third-order valence-corrected chi connectivity index (χ3v) is 6.83. The number of amides is 2. The third-order valence-electron chi connectivity index (χ3n) is 5.63. The van der Waals surface area contributed by atoms with Crippen LogP contribution in [-0.2, 0) is 37.4 Å². The van der Waals surface area contributed by atoms with Gasteiger partial charge in [-0.15, -0.1) is 0 Å². The number of carbonyl (C=O) groups is 2. The predicted octanol–water partition coefficient (Wildman–Crippen LogP) is 2.42. The van der Waals surface area contributed by atoms with E-state index in [-0.39, 0.29) is 25.5 Å². The number of ether oxygens (including phenoxy) is 2. The first kappa shape index (κ1) is 29.3. The molecule has 10 heteroatoms. The third kappa shape index (κ3) is 9.60. The molecule has 0 aliphatic heterocycles. The van der Waals surface area contributed by atoms with E-state index in [0.29, 0.717) is 31.9 Å². The Balaban J connectivity index is 2.21. The Kier molecular flexibility index (Phi) is 11.9. The van der Waals surface area contributed by atoms with E-state index in [9.17, 15) is 18.0 Å². The van der Waals surface area contributed by atoms with Gasteiger partial charge in [0, 0.05) is 32.8 Å². The summed E-state index contributed by atoms with van der Waals surface area (Å²) in [6.45, 7) is 4.90. The van der Waals surface area contributed by atoms with Crippen molar-refractivity contribution in [3.05, 3.63) is 65.7 Å². The van der Waals surface area contributed by atoms with E-state index in [1.807, 2.05) is 37.3 Å². The van der Waals surface area contributed by atoms with Crippen LogP contribution in [0.3, 0.4) is 0 Å².